The van der Waals surface area contributed by atoms with E-state index in [4.69, 9.17) is 5.73 Å². The highest BCUT2D eigenvalue weighted by molar-refractivity contribution is 7.84. The van der Waals surface area contributed by atoms with Gasteiger partial charge in [0, 0.05) is 28.9 Å². The van der Waals surface area contributed by atoms with Crippen LogP contribution in [0.25, 0.3) is 0 Å². The van der Waals surface area contributed by atoms with Gasteiger partial charge in [0.1, 0.15) is 0 Å². The van der Waals surface area contributed by atoms with E-state index in [1.165, 1.54) is 0 Å². The maximum atomic E-state index is 11.8. The van der Waals surface area contributed by atoms with Crippen LogP contribution in [0.1, 0.15) is 18.4 Å². The van der Waals surface area contributed by atoms with Crippen LogP contribution in [0.5, 0.6) is 0 Å². The second kappa shape index (κ2) is 5.63. The highest BCUT2D eigenvalue weighted by Gasteiger charge is 2.45. The minimum atomic E-state index is -0.949. The van der Waals surface area contributed by atoms with Gasteiger partial charge in [-0.25, -0.2) is 0 Å². The zero-order valence-electron chi connectivity index (χ0n) is 10.2. The van der Waals surface area contributed by atoms with Crippen molar-refractivity contribution in [2.24, 2.45) is 5.73 Å². The highest BCUT2D eigenvalue weighted by Crippen LogP contribution is 2.31. The molecule has 1 aliphatic rings. The van der Waals surface area contributed by atoms with E-state index in [0.717, 1.165) is 18.4 Å². The van der Waals surface area contributed by atoms with Gasteiger partial charge in [0.15, 0.2) is 0 Å². The van der Waals surface area contributed by atoms with Crippen molar-refractivity contribution in [1.29, 1.82) is 0 Å². The lowest BCUT2D eigenvalue weighted by atomic mass is 10.2. The summed E-state index contributed by atoms with van der Waals surface area (Å²) in [6.45, 7) is 0.428. The molecule has 1 saturated carbocycles. The molecule has 3 N–H and O–H groups in total. The molecule has 0 saturated heterocycles. The molecule has 98 valence electrons. The molecule has 0 bridgehead atoms. The Labute approximate surface area is 109 Å². The number of nitrogens with one attached hydrogen (secondary N) is 1. The van der Waals surface area contributed by atoms with Gasteiger partial charge in [0.2, 0.25) is 5.91 Å². The number of hydrogen-bond acceptors (Lipinski definition) is 3. The minimum absolute atomic E-state index is 0.112. The maximum Gasteiger partial charge on any atom is 0.240 e. The van der Waals surface area contributed by atoms with Gasteiger partial charge in [-0.15, -0.1) is 0 Å². The molecule has 2 rings (SSSR count). The molecule has 5 heteroatoms. The van der Waals surface area contributed by atoms with Crippen LogP contribution in [0.2, 0.25) is 0 Å². The fourth-order valence-corrected chi connectivity index (χ4v) is 2.69. The van der Waals surface area contributed by atoms with E-state index >= 15 is 0 Å². The molecule has 1 aliphatic carbocycles. The van der Waals surface area contributed by atoms with Crippen molar-refractivity contribution >= 4 is 16.7 Å². The van der Waals surface area contributed by atoms with Gasteiger partial charge in [-0.1, -0.05) is 30.3 Å². The Hall–Kier alpha value is -1.20. The number of hydrogen-bond donors (Lipinski definition) is 2. The number of benzene rings is 1. The van der Waals surface area contributed by atoms with Crippen molar-refractivity contribution in [3.63, 3.8) is 0 Å². The Morgan fingerprint density at radius 2 is 2.00 bits per heavy atom. The van der Waals surface area contributed by atoms with Gasteiger partial charge in [-0.2, -0.15) is 0 Å². The summed E-state index contributed by atoms with van der Waals surface area (Å²) in [5, 5.41) is 2.74. The Morgan fingerprint density at radius 1 is 1.33 bits per heavy atom. The molecule has 0 spiro atoms. The molecule has 0 aliphatic heterocycles. The summed E-state index contributed by atoms with van der Waals surface area (Å²) >= 11 is 0. The first kappa shape index (κ1) is 13.2. The lowest BCUT2D eigenvalue weighted by Gasteiger charge is -2.09. The van der Waals surface area contributed by atoms with Gasteiger partial charge < -0.3 is 11.1 Å². The summed E-state index contributed by atoms with van der Waals surface area (Å²) in [6.07, 6.45) is 1.51. The van der Waals surface area contributed by atoms with Gasteiger partial charge >= 0.3 is 0 Å². The molecule has 1 aromatic rings. The Kier molecular flexibility index (Phi) is 4.14. The molecule has 1 unspecified atom stereocenters. The Morgan fingerprint density at radius 3 is 2.61 bits per heavy atom. The highest BCUT2D eigenvalue weighted by atomic mass is 32.2. The van der Waals surface area contributed by atoms with Crippen molar-refractivity contribution in [3.8, 4) is 0 Å². The third-order valence-electron chi connectivity index (χ3n) is 3.03. The molecule has 0 radical (unpaired) electrons. The first-order chi connectivity index (χ1) is 8.60. The zero-order valence-corrected chi connectivity index (χ0v) is 11.0. The van der Waals surface area contributed by atoms with Crippen LogP contribution in [0.4, 0.5) is 0 Å². The normalized spacial score (nSPS) is 18.1. The van der Waals surface area contributed by atoms with E-state index in [9.17, 15) is 9.00 Å². The van der Waals surface area contributed by atoms with Gasteiger partial charge in [-0.3, -0.25) is 9.00 Å². The molecule has 18 heavy (non-hydrogen) atoms. The van der Waals surface area contributed by atoms with E-state index in [1.54, 1.807) is 0 Å². The van der Waals surface area contributed by atoms with Crippen LogP contribution >= 0.6 is 0 Å². The zero-order chi connectivity index (χ0) is 13.0. The second-order valence-corrected chi connectivity index (χ2v) is 6.26. The standard InChI is InChI=1S/C13H18N2O2S/c14-13(6-7-13)12(16)15-8-9-18(17)10-11-4-2-1-3-5-11/h1-5H,6-10,14H2,(H,15,16). The molecule has 0 heterocycles. The fraction of sp³-hybridized carbons (Fsp3) is 0.462. The summed E-state index contributed by atoms with van der Waals surface area (Å²) in [5.41, 5.74) is 6.16. The minimum Gasteiger partial charge on any atom is -0.354 e. The molecule has 4 nitrogen and oxygen atoms in total. The molecule has 0 aromatic heterocycles. The number of nitrogens with two attached hydrogens (primary N) is 1. The summed E-state index contributed by atoms with van der Waals surface area (Å²) in [5.74, 6) is 0.889. The predicted octanol–water partition coefficient (Wildman–Crippen LogP) is 0.543. The Balaban J connectivity index is 1.68. The first-order valence-electron chi connectivity index (χ1n) is 6.06. The summed E-state index contributed by atoms with van der Waals surface area (Å²) in [7, 11) is -0.949. The number of amides is 1. The third kappa shape index (κ3) is 3.65. The van der Waals surface area contributed by atoms with Gasteiger partial charge in [0.25, 0.3) is 0 Å². The van der Waals surface area contributed by atoms with Crippen molar-refractivity contribution in [2.75, 3.05) is 12.3 Å². The lowest BCUT2D eigenvalue weighted by molar-refractivity contribution is -0.123. The van der Waals surface area contributed by atoms with E-state index in [-0.39, 0.29) is 5.91 Å². The summed E-state index contributed by atoms with van der Waals surface area (Å²) in [4.78, 5) is 11.5. The van der Waals surface area contributed by atoms with Crippen LogP contribution in [0.15, 0.2) is 30.3 Å². The van der Waals surface area contributed by atoms with Crippen molar-refractivity contribution in [1.82, 2.24) is 5.32 Å². The van der Waals surface area contributed by atoms with Crippen molar-refractivity contribution < 1.29 is 9.00 Å². The lowest BCUT2D eigenvalue weighted by Crippen LogP contribution is -2.43. The smallest absolute Gasteiger partial charge is 0.240 e. The molecule has 1 amide bonds. The first-order valence-corrected chi connectivity index (χ1v) is 7.55. The van der Waals surface area contributed by atoms with E-state index < -0.39 is 16.3 Å². The van der Waals surface area contributed by atoms with Crippen molar-refractivity contribution in [2.45, 2.75) is 24.1 Å². The van der Waals surface area contributed by atoms with Crippen LogP contribution in [-0.4, -0.2) is 28.0 Å². The molecule has 1 atom stereocenters. The number of carbonyl (C=O) groups is 1. The van der Waals surface area contributed by atoms with Crippen LogP contribution in [0, 0.1) is 0 Å². The van der Waals surface area contributed by atoms with Crippen LogP contribution in [-0.2, 0) is 21.3 Å². The third-order valence-corrected chi connectivity index (χ3v) is 4.34. The second-order valence-electron chi connectivity index (χ2n) is 4.69. The van der Waals surface area contributed by atoms with E-state index in [2.05, 4.69) is 5.32 Å². The summed E-state index contributed by atoms with van der Waals surface area (Å²) in [6, 6.07) is 9.70. The van der Waals surface area contributed by atoms with Crippen LogP contribution in [0.3, 0.4) is 0 Å². The van der Waals surface area contributed by atoms with E-state index in [0.29, 0.717) is 18.1 Å². The molecule has 1 aromatic carbocycles. The van der Waals surface area contributed by atoms with Crippen LogP contribution < -0.4 is 11.1 Å². The topological polar surface area (TPSA) is 72.2 Å². The molecular formula is C13H18N2O2S. The summed E-state index contributed by atoms with van der Waals surface area (Å²) < 4.78 is 11.8. The predicted molar refractivity (Wildman–Crippen MR) is 72.3 cm³/mol. The molecule has 1 fully saturated rings. The van der Waals surface area contributed by atoms with Crippen molar-refractivity contribution in [3.05, 3.63) is 35.9 Å². The quantitative estimate of drug-likeness (QED) is 0.789. The van der Waals surface area contributed by atoms with Gasteiger partial charge in [-0.05, 0) is 18.4 Å². The maximum absolute atomic E-state index is 11.8. The number of carbonyl (C=O) groups excluding carboxylic acids is 1. The van der Waals surface area contributed by atoms with E-state index in [1.807, 2.05) is 30.3 Å². The average Bonchev–Trinajstić information content (AvgIpc) is 3.10. The monoisotopic (exact) mass is 266 g/mol. The average molecular weight is 266 g/mol. The fourth-order valence-electron chi connectivity index (χ4n) is 1.65. The largest absolute Gasteiger partial charge is 0.354 e. The number of rotatable bonds is 6. The Bertz CT molecular complexity index is 444. The van der Waals surface area contributed by atoms with Gasteiger partial charge in [0.05, 0.1) is 5.54 Å². The molecular weight excluding hydrogens is 248 g/mol. The SMILES string of the molecule is NC1(C(=O)NCCS(=O)Cc2ccccc2)CC1.